The monoisotopic (exact) mass is 336 g/mol. The van der Waals surface area contributed by atoms with Gasteiger partial charge in [0.1, 0.15) is 5.75 Å². The van der Waals surface area contributed by atoms with Crippen LogP contribution in [0, 0.1) is 17.0 Å². The zero-order valence-electron chi connectivity index (χ0n) is 12.6. The van der Waals surface area contributed by atoms with E-state index >= 15 is 0 Å². The summed E-state index contributed by atoms with van der Waals surface area (Å²) in [5.41, 5.74) is 0.894. The first kappa shape index (κ1) is 16.9. The van der Waals surface area contributed by atoms with Crippen molar-refractivity contribution in [2.45, 2.75) is 18.4 Å². The summed E-state index contributed by atoms with van der Waals surface area (Å²) in [7, 11) is -2.32. The molecule has 2 rings (SSSR count). The number of aryl methyl sites for hydroxylation is 1. The maximum Gasteiger partial charge on any atom is 0.273 e. The first-order valence-electron chi connectivity index (χ1n) is 6.71. The predicted molar refractivity (Wildman–Crippen MR) is 84.9 cm³/mol. The van der Waals surface area contributed by atoms with E-state index in [0.717, 1.165) is 11.6 Å². The highest BCUT2D eigenvalue weighted by molar-refractivity contribution is 7.89. The molecule has 0 heterocycles. The lowest BCUT2D eigenvalue weighted by atomic mass is 10.2. The lowest BCUT2D eigenvalue weighted by Gasteiger charge is -2.08. The van der Waals surface area contributed by atoms with Gasteiger partial charge >= 0.3 is 0 Å². The van der Waals surface area contributed by atoms with Crippen LogP contribution in [0.3, 0.4) is 0 Å². The number of nitro groups is 1. The Balaban J connectivity index is 2.22. The topological polar surface area (TPSA) is 98.5 Å². The Morgan fingerprint density at radius 3 is 2.61 bits per heavy atom. The first-order valence-corrected chi connectivity index (χ1v) is 8.19. The smallest absolute Gasteiger partial charge is 0.273 e. The Labute approximate surface area is 134 Å². The fourth-order valence-corrected chi connectivity index (χ4v) is 3.03. The maximum atomic E-state index is 12.3. The van der Waals surface area contributed by atoms with Crippen LogP contribution in [0.25, 0.3) is 0 Å². The van der Waals surface area contributed by atoms with Crippen molar-refractivity contribution in [3.05, 3.63) is 63.7 Å². The third-order valence-electron chi connectivity index (χ3n) is 3.29. The number of nitro benzene ring substituents is 1. The van der Waals surface area contributed by atoms with Gasteiger partial charge in [-0.25, -0.2) is 13.1 Å². The molecule has 0 aliphatic heterocycles. The van der Waals surface area contributed by atoms with Gasteiger partial charge < -0.3 is 4.74 Å². The van der Waals surface area contributed by atoms with Crippen molar-refractivity contribution in [1.82, 2.24) is 4.72 Å². The molecule has 0 saturated heterocycles. The van der Waals surface area contributed by atoms with E-state index in [9.17, 15) is 18.5 Å². The van der Waals surface area contributed by atoms with E-state index in [1.165, 1.54) is 19.2 Å². The summed E-state index contributed by atoms with van der Waals surface area (Å²) in [6.07, 6.45) is 0. The van der Waals surface area contributed by atoms with E-state index in [1.807, 2.05) is 0 Å². The summed E-state index contributed by atoms with van der Waals surface area (Å²) in [5, 5.41) is 10.9. The molecule has 1 N–H and O–H groups in total. The highest BCUT2D eigenvalue weighted by Gasteiger charge is 2.19. The molecule has 0 atom stereocenters. The molecule has 0 spiro atoms. The number of nitrogens with zero attached hydrogens (tertiary/aromatic N) is 1. The van der Waals surface area contributed by atoms with Crippen molar-refractivity contribution >= 4 is 15.7 Å². The zero-order chi connectivity index (χ0) is 17.0. The van der Waals surface area contributed by atoms with Crippen LogP contribution in [0.1, 0.15) is 11.1 Å². The van der Waals surface area contributed by atoms with E-state index < -0.39 is 14.9 Å². The molecule has 8 heteroatoms. The number of rotatable bonds is 6. The van der Waals surface area contributed by atoms with Crippen LogP contribution >= 0.6 is 0 Å². The van der Waals surface area contributed by atoms with Crippen molar-refractivity contribution in [2.24, 2.45) is 0 Å². The van der Waals surface area contributed by atoms with Gasteiger partial charge in [0.05, 0.1) is 16.9 Å². The number of hydrogen-bond donors (Lipinski definition) is 1. The van der Waals surface area contributed by atoms with Gasteiger partial charge in [0.25, 0.3) is 5.69 Å². The number of nitrogens with one attached hydrogen (secondary N) is 1. The molecule has 0 radical (unpaired) electrons. The molecule has 23 heavy (non-hydrogen) atoms. The maximum absolute atomic E-state index is 12.3. The molecular weight excluding hydrogens is 320 g/mol. The van der Waals surface area contributed by atoms with E-state index in [2.05, 4.69) is 4.72 Å². The second kappa shape index (κ2) is 6.76. The molecule has 2 aromatic carbocycles. The van der Waals surface area contributed by atoms with E-state index in [4.69, 9.17) is 4.74 Å². The molecule has 0 aromatic heterocycles. The first-order chi connectivity index (χ1) is 10.8. The minimum absolute atomic E-state index is 0.0568. The SMILES string of the molecule is COc1cccc(CNS(=O)(=O)c2ccc(C)c([N+](=O)[O-])c2)c1. The second-order valence-corrected chi connectivity index (χ2v) is 6.65. The molecule has 0 amide bonds. The van der Waals surface area contributed by atoms with Crippen LogP contribution in [0.4, 0.5) is 5.69 Å². The Bertz CT molecular complexity index is 834. The lowest BCUT2D eigenvalue weighted by molar-refractivity contribution is -0.385. The van der Waals surface area contributed by atoms with Crippen LogP contribution in [-0.4, -0.2) is 20.5 Å². The second-order valence-electron chi connectivity index (χ2n) is 4.88. The van der Waals surface area contributed by atoms with Crippen LogP contribution in [-0.2, 0) is 16.6 Å². The third-order valence-corrected chi connectivity index (χ3v) is 4.69. The number of hydrogen-bond acceptors (Lipinski definition) is 5. The van der Waals surface area contributed by atoms with Crippen molar-refractivity contribution in [1.29, 1.82) is 0 Å². The summed E-state index contributed by atoms with van der Waals surface area (Å²) in [5.74, 6) is 0.618. The largest absolute Gasteiger partial charge is 0.497 e. The van der Waals surface area contributed by atoms with Crippen molar-refractivity contribution in [2.75, 3.05) is 7.11 Å². The molecule has 7 nitrogen and oxygen atoms in total. The summed E-state index contributed by atoms with van der Waals surface area (Å²) in [6, 6.07) is 10.8. The summed E-state index contributed by atoms with van der Waals surface area (Å²) < 4.78 is 32.1. The van der Waals surface area contributed by atoms with Gasteiger partial charge in [0, 0.05) is 18.2 Å². The van der Waals surface area contributed by atoms with Crippen LogP contribution in [0.2, 0.25) is 0 Å². The molecule has 0 aliphatic rings. The Kier molecular flexibility index (Phi) is 4.97. The molecule has 0 saturated carbocycles. The highest BCUT2D eigenvalue weighted by atomic mass is 32.2. The van der Waals surface area contributed by atoms with Gasteiger partial charge in [0.15, 0.2) is 0 Å². The number of benzene rings is 2. The molecule has 0 unspecified atom stereocenters. The van der Waals surface area contributed by atoms with Gasteiger partial charge in [0.2, 0.25) is 10.0 Å². The molecule has 122 valence electrons. The standard InChI is InChI=1S/C15H16N2O5S/c1-11-6-7-14(9-15(11)17(18)19)23(20,21)16-10-12-4-3-5-13(8-12)22-2/h3-9,16H,10H2,1-2H3. The Hall–Kier alpha value is -2.45. The van der Waals surface area contributed by atoms with Gasteiger partial charge in [-0.2, -0.15) is 0 Å². The fraction of sp³-hybridized carbons (Fsp3) is 0.200. The normalized spacial score (nSPS) is 11.2. The predicted octanol–water partition coefficient (Wildman–Crippen LogP) is 2.39. The van der Waals surface area contributed by atoms with Crippen LogP contribution in [0.5, 0.6) is 5.75 Å². The zero-order valence-corrected chi connectivity index (χ0v) is 13.5. The van der Waals surface area contributed by atoms with Crippen molar-refractivity contribution in [3.8, 4) is 5.75 Å². The average Bonchev–Trinajstić information content (AvgIpc) is 2.53. The molecule has 0 aliphatic carbocycles. The van der Waals surface area contributed by atoms with E-state index in [0.29, 0.717) is 11.3 Å². The highest BCUT2D eigenvalue weighted by Crippen LogP contribution is 2.22. The van der Waals surface area contributed by atoms with E-state index in [-0.39, 0.29) is 17.1 Å². The molecular formula is C15H16N2O5S. The van der Waals surface area contributed by atoms with Crippen molar-refractivity contribution < 1.29 is 18.1 Å². The number of ether oxygens (including phenoxy) is 1. The number of sulfonamides is 1. The number of methoxy groups -OCH3 is 1. The minimum atomic E-state index is -3.85. The summed E-state index contributed by atoms with van der Waals surface area (Å²) >= 11 is 0. The fourth-order valence-electron chi connectivity index (χ4n) is 2.00. The van der Waals surface area contributed by atoms with Gasteiger partial charge in [-0.3, -0.25) is 10.1 Å². The van der Waals surface area contributed by atoms with Gasteiger partial charge in [-0.1, -0.05) is 18.2 Å². The quantitative estimate of drug-likeness (QED) is 0.645. The average molecular weight is 336 g/mol. The summed E-state index contributed by atoms with van der Waals surface area (Å²) in [6.45, 7) is 1.61. The van der Waals surface area contributed by atoms with E-state index in [1.54, 1.807) is 31.2 Å². The van der Waals surface area contributed by atoms with Crippen LogP contribution < -0.4 is 9.46 Å². The minimum Gasteiger partial charge on any atom is -0.497 e. The Morgan fingerprint density at radius 2 is 1.96 bits per heavy atom. The third kappa shape index (κ3) is 4.05. The summed E-state index contributed by atoms with van der Waals surface area (Å²) in [4.78, 5) is 10.2. The Morgan fingerprint density at radius 1 is 1.22 bits per heavy atom. The van der Waals surface area contributed by atoms with Crippen molar-refractivity contribution in [3.63, 3.8) is 0 Å². The molecule has 0 fully saturated rings. The molecule has 2 aromatic rings. The van der Waals surface area contributed by atoms with Gasteiger partial charge in [-0.15, -0.1) is 0 Å². The molecule has 0 bridgehead atoms. The van der Waals surface area contributed by atoms with Crippen LogP contribution in [0.15, 0.2) is 47.4 Å². The lowest BCUT2D eigenvalue weighted by Crippen LogP contribution is -2.23. The van der Waals surface area contributed by atoms with Gasteiger partial charge in [-0.05, 0) is 30.7 Å².